The molecule has 0 radical (unpaired) electrons. The maximum absolute atomic E-state index is 12.2. The summed E-state index contributed by atoms with van der Waals surface area (Å²) in [5, 5.41) is 20.7. The number of fused-ring (bicyclic) bond motifs is 1. The van der Waals surface area contributed by atoms with Crippen LogP contribution < -0.4 is 0 Å². The fourth-order valence-corrected chi connectivity index (χ4v) is 4.68. The van der Waals surface area contributed by atoms with E-state index in [1.807, 2.05) is 20.8 Å². The van der Waals surface area contributed by atoms with E-state index in [2.05, 4.69) is 0 Å². The lowest BCUT2D eigenvalue weighted by Gasteiger charge is -2.44. The van der Waals surface area contributed by atoms with Gasteiger partial charge in [-0.1, -0.05) is 6.42 Å². The Kier molecular flexibility index (Phi) is 3.39. The number of carbonyl (C=O) groups excluding carboxylic acids is 1. The van der Waals surface area contributed by atoms with Gasteiger partial charge in [-0.25, -0.2) is 0 Å². The highest BCUT2D eigenvalue weighted by atomic mass is 16.7. The first kappa shape index (κ1) is 15.3. The van der Waals surface area contributed by atoms with Gasteiger partial charge in [0.25, 0.3) is 0 Å². The second-order valence-electron chi connectivity index (χ2n) is 7.91. The van der Waals surface area contributed by atoms with Gasteiger partial charge in [0.1, 0.15) is 5.60 Å². The van der Waals surface area contributed by atoms with Gasteiger partial charge in [0.05, 0.1) is 18.6 Å². The summed E-state index contributed by atoms with van der Waals surface area (Å²) in [5.41, 5.74) is -1.28. The zero-order chi connectivity index (χ0) is 15.5. The monoisotopic (exact) mass is 298 g/mol. The third-order valence-electron chi connectivity index (χ3n) is 5.38. The summed E-state index contributed by atoms with van der Waals surface area (Å²) in [6.07, 6.45) is 3.69. The summed E-state index contributed by atoms with van der Waals surface area (Å²) < 4.78 is 11.3. The molecule has 2 N–H and O–H groups in total. The lowest BCUT2D eigenvalue weighted by Crippen LogP contribution is -2.50. The van der Waals surface area contributed by atoms with E-state index in [1.165, 1.54) is 0 Å². The Hall–Kier alpha value is -0.650. The predicted octanol–water partition coefficient (Wildman–Crippen LogP) is 1.60. The Morgan fingerprint density at radius 3 is 2.71 bits per heavy atom. The van der Waals surface area contributed by atoms with Gasteiger partial charge in [-0.15, -0.1) is 0 Å². The van der Waals surface area contributed by atoms with Crippen LogP contribution in [0.2, 0.25) is 0 Å². The van der Waals surface area contributed by atoms with E-state index < -0.39 is 17.0 Å². The summed E-state index contributed by atoms with van der Waals surface area (Å²) in [6.45, 7) is 5.38. The molecule has 1 saturated carbocycles. The average Bonchev–Trinajstić information content (AvgIpc) is 2.77. The van der Waals surface area contributed by atoms with Crippen LogP contribution >= 0.6 is 0 Å². The molecule has 3 fully saturated rings. The molecule has 0 spiro atoms. The molecule has 0 aromatic heterocycles. The zero-order valence-corrected chi connectivity index (χ0v) is 13.1. The van der Waals surface area contributed by atoms with E-state index in [0.717, 1.165) is 19.3 Å². The molecule has 120 valence electrons. The van der Waals surface area contributed by atoms with E-state index >= 15 is 0 Å². The Morgan fingerprint density at radius 2 is 2.10 bits per heavy atom. The van der Waals surface area contributed by atoms with Crippen molar-refractivity contribution in [3.63, 3.8) is 0 Å². The molecule has 5 nitrogen and oxygen atoms in total. The highest BCUT2D eigenvalue weighted by molar-refractivity contribution is 5.70. The predicted molar refractivity (Wildman–Crippen MR) is 75.3 cm³/mol. The molecule has 5 atom stereocenters. The maximum Gasteiger partial charge on any atom is 0.306 e. The second-order valence-corrected chi connectivity index (χ2v) is 7.91. The topological polar surface area (TPSA) is 76.0 Å². The van der Waals surface area contributed by atoms with Crippen molar-refractivity contribution in [2.45, 2.75) is 69.9 Å². The highest BCUT2D eigenvalue weighted by Gasteiger charge is 2.71. The van der Waals surface area contributed by atoms with Crippen molar-refractivity contribution in [2.24, 2.45) is 17.8 Å². The van der Waals surface area contributed by atoms with E-state index in [-0.39, 0.29) is 36.8 Å². The standard InChI is InChI=1S/C16H26O5/c1-14(2,3)20-13(18)7-12-11-6-4-5-10-8-15(12,9-17)21-16(10,11)19/h10-12,17,19H,4-9H2,1-3H3/t10-,11+,12-,15+,16+/m1/s1. The SMILES string of the molecule is CC(C)(C)OC(=O)C[C@@H]1[C@@H]2CCC[C@@H]3C[C@@]1(CO)O[C@@]32O. The summed E-state index contributed by atoms with van der Waals surface area (Å²) in [4.78, 5) is 12.2. The Morgan fingerprint density at radius 1 is 1.38 bits per heavy atom. The van der Waals surface area contributed by atoms with Crippen LogP contribution in [0, 0.1) is 17.8 Å². The average molecular weight is 298 g/mol. The minimum Gasteiger partial charge on any atom is -0.460 e. The molecule has 0 unspecified atom stereocenters. The number of ether oxygens (including phenoxy) is 2. The van der Waals surface area contributed by atoms with Crippen molar-refractivity contribution in [3.8, 4) is 0 Å². The third-order valence-corrected chi connectivity index (χ3v) is 5.38. The van der Waals surface area contributed by atoms with E-state index in [4.69, 9.17) is 9.47 Å². The van der Waals surface area contributed by atoms with Gasteiger partial charge in [0.2, 0.25) is 0 Å². The van der Waals surface area contributed by atoms with Crippen molar-refractivity contribution in [1.29, 1.82) is 0 Å². The Bertz CT molecular complexity index is 442. The van der Waals surface area contributed by atoms with Crippen molar-refractivity contribution in [2.75, 3.05) is 6.61 Å². The van der Waals surface area contributed by atoms with Crippen molar-refractivity contribution in [1.82, 2.24) is 0 Å². The van der Waals surface area contributed by atoms with E-state index in [9.17, 15) is 15.0 Å². The molecule has 2 bridgehead atoms. The van der Waals surface area contributed by atoms with Crippen LogP contribution in [0.1, 0.15) is 52.9 Å². The second kappa shape index (κ2) is 4.67. The molecule has 3 aliphatic rings. The van der Waals surface area contributed by atoms with Gasteiger partial charge in [0.15, 0.2) is 5.79 Å². The van der Waals surface area contributed by atoms with Crippen LogP contribution in [0.4, 0.5) is 0 Å². The first-order valence-electron chi connectivity index (χ1n) is 7.95. The van der Waals surface area contributed by atoms with Gasteiger partial charge >= 0.3 is 5.97 Å². The minimum absolute atomic E-state index is 0.0651. The largest absolute Gasteiger partial charge is 0.460 e. The molecule has 2 aliphatic heterocycles. The molecule has 5 heteroatoms. The summed E-state index contributed by atoms with van der Waals surface area (Å²) >= 11 is 0. The number of aliphatic hydroxyl groups is 2. The van der Waals surface area contributed by atoms with Crippen molar-refractivity contribution in [3.05, 3.63) is 0 Å². The Balaban J connectivity index is 1.80. The Labute approximate surface area is 125 Å². The normalized spacial score (nSPS) is 44.9. The molecular formula is C16H26O5. The molecule has 2 saturated heterocycles. The number of esters is 1. The molecule has 0 amide bonds. The molecule has 1 aliphatic carbocycles. The third kappa shape index (κ3) is 2.30. The molecule has 3 rings (SSSR count). The first-order valence-corrected chi connectivity index (χ1v) is 7.95. The first-order chi connectivity index (χ1) is 9.70. The number of rotatable bonds is 3. The van der Waals surface area contributed by atoms with Gasteiger partial charge < -0.3 is 19.7 Å². The van der Waals surface area contributed by atoms with Crippen LogP contribution in [-0.2, 0) is 14.3 Å². The van der Waals surface area contributed by atoms with E-state index in [1.54, 1.807) is 0 Å². The van der Waals surface area contributed by atoms with Crippen LogP contribution in [-0.4, -0.2) is 39.8 Å². The lowest BCUT2D eigenvalue weighted by atomic mass is 9.60. The van der Waals surface area contributed by atoms with Crippen molar-refractivity contribution >= 4 is 5.97 Å². The van der Waals surface area contributed by atoms with E-state index in [0.29, 0.717) is 6.42 Å². The zero-order valence-electron chi connectivity index (χ0n) is 13.1. The van der Waals surface area contributed by atoms with Gasteiger partial charge in [-0.2, -0.15) is 0 Å². The number of carbonyl (C=O) groups is 1. The smallest absolute Gasteiger partial charge is 0.306 e. The molecule has 21 heavy (non-hydrogen) atoms. The lowest BCUT2D eigenvalue weighted by molar-refractivity contribution is -0.232. The van der Waals surface area contributed by atoms with Crippen LogP contribution in [0.5, 0.6) is 0 Å². The molecule has 0 aromatic rings. The molecular weight excluding hydrogens is 272 g/mol. The summed E-state index contributed by atoms with van der Waals surface area (Å²) in [7, 11) is 0. The molecule has 0 aromatic carbocycles. The number of aliphatic hydroxyl groups excluding tert-OH is 1. The summed E-state index contributed by atoms with van der Waals surface area (Å²) in [6, 6.07) is 0. The maximum atomic E-state index is 12.2. The number of hydrogen-bond donors (Lipinski definition) is 2. The quantitative estimate of drug-likeness (QED) is 0.774. The molecule has 2 heterocycles. The van der Waals surface area contributed by atoms with Crippen LogP contribution in [0.3, 0.4) is 0 Å². The van der Waals surface area contributed by atoms with Crippen molar-refractivity contribution < 1.29 is 24.5 Å². The fourth-order valence-electron chi connectivity index (χ4n) is 4.68. The minimum atomic E-state index is -1.15. The van der Waals surface area contributed by atoms with Crippen LogP contribution in [0.25, 0.3) is 0 Å². The highest BCUT2D eigenvalue weighted by Crippen LogP contribution is 2.64. The van der Waals surface area contributed by atoms with Gasteiger partial charge in [0, 0.05) is 17.8 Å². The number of hydrogen-bond acceptors (Lipinski definition) is 5. The summed E-state index contributed by atoms with van der Waals surface area (Å²) in [5.74, 6) is -1.54. The van der Waals surface area contributed by atoms with Gasteiger partial charge in [-0.3, -0.25) is 4.79 Å². The van der Waals surface area contributed by atoms with Crippen LogP contribution in [0.15, 0.2) is 0 Å². The van der Waals surface area contributed by atoms with Gasteiger partial charge in [-0.05, 0) is 40.0 Å². The fraction of sp³-hybridized carbons (Fsp3) is 0.938.